The highest BCUT2D eigenvalue weighted by Gasteiger charge is 2.44. The Balaban J connectivity index is 1.49. The van der Waals surface area contributed by atoms with Crippen LogP contribution in [-0.4, -0.2) is 71.3 Å². The van der Waals surface area contributed by atoms with Gasteiger partial charge in [-0.05, 0) is 48.7 Å². The van der Waals surface area contributed by atoms with Crippen LogP contribution in [0.4, 0.5) is 11.4 Å². The molecule has 0 radical (unpaired) electrons. The molecule has 0 aliphatic carbocycles. The minimum Gasteiger partial charge on any atom is -0.497 e. The third-order valence-electron chi connectivity index (χ3n) is 8.40. The van der Waals surface area contributed by atoms with Gasteiger partial charge in [-0.2, -0.15) is 0 Å². The fourth-order valence-electron chi connectivity index (χ4n) is 6.17. The standard InChI is InChI=1S/C33H38ClN3O6/c1-21-6-9-23(34)18-27(21)35-14-16-36(17-15-35)33(39)26-12-13-30(38)37(31(26)22-7-10-25(40-2)11-8-22)24-19-28(41-3)32(43-5)29(20-24)42-4/h6-11,18-20,26,31H,12-17H2,1-5H3. The first-order valence-corrected chi connectivity index (χ1v) is 14.7. The first-order chi connectivity index (χ1) is 20.8. The number of carbonyl (C=O) groups is 2. The molecule has 2 saturated heterocycles. The van der Waals surface area contributed by atoms with Crippen LogP contribution in [0, 0.1) is 12.8 Å². The quantitative estimate of drug-likeness (QED) is 0.334. The number of amides is 2. The largest absolute Gasteiger partial charge is 0.497 e. The molecule has 5 rings (SSSR count). The number of hydrogen-bond donors (Lipinski definition) is 0. The van der Waals surface area contributed by atoms with Gasteiger partial charge in [0.25, 0.3) is 0 Å². The van der Waals surface area contributed by atoms with Gasteiger partial charge >= 0.3 is 0 Å². The summed E-state index contributed by atoms with van der Waals surface area (Å²) < 4.78 is 22.1. The van der Waals surface area contributed by atoms with Gasteiger partial charge in [0.2, 0.25) is 17.6 Å². The Bertz CT molecular complexity index is 1450. The van der Waals surface area contributed by atoms with Gasteiger partial charge in [-0.15, -0.1) is 0 Å². The Morgan fingerprint density at radius 1 is 0.837 bits per heavy atom. The highest BCUT2D eigenvalue weighted by molar-refractivity contribution is 6.30. The van der Waals surface area contributed by atoms with Gasteiger partial charge in [0.05, 0.1) is 46.1 Å². The van der Waals surface area contributed by atoms with Crippen LogP contribution >= 0.6 is 11.6 Å². The molecule has 3 aromatic rings. The molecular weight excluding hydrogens is 570 g/mol. The molecule has 0 spiro atoms. The molecule has 2 aliphatic rings. The first-order valence-electron chi connectivity index (χ1n) is 14.4. The number of benzene rings is 3. The topological polar surface area (TPSA) is 80.8 Å². The van der Waals surface area contributed by atoms with Crippen LogP contribution in [-0.2, 0) is 9.59 Å². The van der Waals surface area contributed by atoms with Gasteiger partial charge in [-0.3, -0.25) is 9.59 Å². The van der Waals surface area contributed by atoms with Crippen molar-refractivity contribution in [3.05, 3.63) is 70.7 Å². The van der Waals surface area contributed by atoms with E-state index >= 15 is 0 Å². The molecule has 0 bridgehead atoms. The summed E-state index contributed by atoms with van der Waals surface area (Å²) >= 11 is 6.29. The van der Waals surface area contributed by atoms with Gasteiger partial charge in [-0.1, -0.05) is 29.8 Å². The van der Waals surface area contributed by atoms with Crippen molar-refractivity contribution in [1.82, 2.24) is 4.90 Å². The molecule has 10 heteroatoms. The predicted molar refractivity (Wildman–Crippen MR) is 167 cm³/mol. The lowest BCUT2D eigenvalue weighted by molar-refractivity contribution is -0.138. The number of piperazine rings is 1. The fourth-order valence-corrected chi connectivity index (χ4v) is 6.34. The average Bonchev–Trinajstić information content (AvgIpc) is 3.04. The van der Waals surface area contributed by atoms with Crippen LogP contribution in [0.25, 0.3) is 0 Å². The lowest BCUT2D eigenvalue weighted by Gasteiger charge is -2.44. The van der Waals surface area contributed by atoms with Crippen molar-refractivity contribution in [3.8, 4) is 23.0 Å². The summed E-state index contributed by atoms with van der Waals surface area (Å²) in [5, 5.41) is 0.695. The molecule has 43 heavy (non-hydrogen) atoms. The minimum atomic E-state index is -0.546. The number of hydrogen-bond acceptors (Lipinski definition) is 7. The van der Waals surface area contributed by atoms with E-state index < -0.39 is 12.0 Å². The van der Waals surface area contributed by atoms with E-state index in [0.29, 0.717) is 66.3 Å². The Hall–Kier alpha value is -4.11. The van der Waals surface area contributed by atoms with Crippen LogP contribution in [0.15, 0.2) is 54.6 Å². The fraction of sp³-hybridized carbons (Fsp3) is 0.394. The molecular formula is C33H38ClN3O6. The summed E-state index contributed by atoms with van der Waals surface area (Å²) in [4.78, 5) is 33.9. The molecule has 3 aromatic carbocycles. The molecule has 2 amide bonds. The molecule has 0 N–H and O–H groups in total. The highest BCUT2D eigenvalue weighted by atomic mass is 35.5. The maximum atomic E-state index is 14.3. The molecule has 0 saturated carbocycles. The zero-order valence-corrected chi connectivity index (χ0v) is 26.0. The van der Waals surface area contributed by atoms with Crippen LogP contribution in [0.2, 0.25) is 5.02 Å². The van der Waals surface area contributed by atoms with Gasteiger partial charge in [0, 0.05) is 55.4 Å². The van der Waals surface area contributed by atoms with Crippen molar-refractivity contribution in [2.24, 2.45) is 5.92 Å². The summed E-state index contributed by atoms with van der Waals surface area (Å²) in [6.45, 7) is 4.62. The number of aryl methyl sites for hydroxylation is 1. The number of anilines is 2. The second kappa shape index (κ2) is 13.0. The van der Waals surface area contributed by atoms with Crippen molar-refractivity contribution >= 4 is 34.8 Å². The van der Waals surface area contributed by atoms with Crippen molar-refractivity contribution in [2.75, 3.05) is 64.4 Å². The van der Waals surface area contributed by atoms with Crippen molar-refractivity contribution in [2.45, 2.75) is 25.8 Å². The first kappa shape index (κ1) is 30.4. The normalized spacial score (nSPS) is 18.8. The number of piperidine rings is 1. The molecule has 2 unspecified atom stereocenters. The lowest BCUT2D eigenvalue weighted by atomic mass is 9.82. The molecule has 2 atom stereocenters. The molecule has 9 nitrogen and oxygen atoms in total. The van der Waals surface area contributed by atoms with Gasteiger partial charge in [-0.25, -0.2) is 0 Å². The van der Waals surface area contributed by atoms with Gasteiger partial charge < -0.3 is 33.6 Å². The molecule has 2 aliphatic heterocycles. The number of carbonyl (C=O) groups excluding carboxylic acids is 2. The van der Waals surface area contributed by atoms with E-state index in [2.05, 4.69) is 11.8 Å². The Morgan fingerprint density at radius 3 is 2.07 bits per heavy atom. The predicted octanol–water partition coefficient (Wildman–Crippen LogP) is 5.52. The van der Waals surface area contributed by atoms with Crippen LogP contribution in [0.3, 0.4) is 0 Å². The van der Waals surface area contributed by atoms with Crippen molar-refractivity contribution in [3.63, 3.8) is 0 Å². The van der Waals surface area contributed by atoms with E-state index in [0.717, 1.165) is 16.8 Å². The lowest BCUT2D eigenvalue weighted by Crippen LogP contribution is -2.54. The molecule has 0 aromatic heterocycles. The van der Waals surface area contributed by atoms with Crippen molar-refractivity contribution in [1.29, 1.82) is 0 Å². The smallest absolute Gasteiger partial charge is 0.228 e. The molecule has 228 valence electrons. The Labute approximate surface area is 257 Å². The number of rotatable bonds is 8. The van der Waals surface area contributed by atoms with E-state index in [1.54, 1.807) is 24.1 Å². The van der Waals surface area contributed by atoms with Crippen LogP contribution in [0.5, 0.6) is 23.0 Å². The number of ether oxygens (including phenoxy) is 4. The second-order valence-corrected chi connectivity index (χ2v) is 11.2. The number of halogens is 1. The summed E-state index contributed by atoms with van der Waals surface area (Å²) in [5.74, 6) is 1.48. The van der Waals surface area contributed by atoms with E-state index in [1.807, 2.05) is 47.4 Å². The van der Waals surface area contributed by atoms with Crippen molar-refractivity contribution < 1.29 is 28.5 Å². The van der Waals surface area contributed by atoms with Crippen LogP contribution in [0.1, 0.15) is 30.0 Å². The zero-order chi connectivity index (χ0) is 30.7. The maximum Gasteiger partial charge on any atom is 0.228 e. The zero-order valence-electron chi connectivity index (χ0n) is 25.3. The van der Waals surface area contributed by atoms with Gasteiger partial charge in [0.1, 0.15) is 5.75 Å². The van der Waals surface area contributed by atoms with Crippen LogP contribution < -0.4 is 28.7 Å². The summed E-state index contributed by atoms with van der Waals surface area (Å²) in [6.07, 6.45) is 0.685. The number of methoxy groups -OCH3 is 4. The maximum absolute atomic E-state index is 14.3. The minimum absolute atomic E-state index is 0.0354. The van der Waals surface area contributed by atoms with E-state index in [4.69, 9.17) is 30.5 Å². The third kappa shape index (κ3) is 6.04. The monoisotopic (exact) mass is 607 g/mol. The summed E-state index contributed by atoms with van der Waals surface area (Å²) in [5.41, 5.74) is 3.65. The Kier molecular flexibility index (Phi) is 9.20. The SMILES string of the molecule is COc1ccc(C2C(C(=O)N3CCN(c4cc(Cl)ccc4C)CC3)CCC(=O)N2c2cc(OC)c(OC)c(OC)c2)cc1. The van der Waals surface area contributed by atoms with E-state index in [-0.39, 0.29) is 18.2 Å². The Morgan fingerprint density at radius 2 is 1.49 bits per heavy atom. The summed E-state index contributed by atoms with van der Waals surface area (Å²) in [6, 6.07) is 16.4. The summed E-state index contributed by atoms with van der Waals surface area (Å²) in [7, 11) is 6.22. The van der Waals surface area contributed by atoms with E-state index in [1.165, 1.54) is 21.3 Å². The molecule has 2 heterocycles. The number of nitrogens with zero attached hydrogens (tertiary/aromatic N) is 3. The van der Waals surface area contributed by atoms with E-state index in [9.17, 15) is 9.59 Å². The third-order valence-corrected chi connectivity index (χ3v) is 8.64. The van der Waals surface area contributed by atoms with Gasteiger partial charge in [0.15, 0.2) is 11.5 Å². The molecule has 2 fully saturated rings. The highest BCUT2D eigenvalue weighted by Crippen LogP contribution is 2.46. The average molecular weight is 608 g/mol. The second-order valence-electron chi connectivity index (χ2n) is 10.8.